The Bertz CT molecular complexity index is 1410. The van der Waals surface area contributed by atoms with Crippen molar-refractivity contribution in [2.24, 2.45) is 0 Å². The van der Waals surface area contributed by atoms with Gasteiger partial charge in [0, 0.05) is 50.5 Å². The summed E-state index contributed by atoms with van der Waals surface area (Å²) < 4.78 is 91.5. The average molecular weight is 631 g/mol. The van der Waals surface area contributed by atoms with Crippen molar-refractivity contribution in [2.45, 2.75) is 50.2 Å². The molecule has 0 radical (unpaired) electrons. The Morgan fingerprint density at radius 2 is 1.57 bits per heavy atom. The van der Waals surface area contributed by atoms with Crippen LogP contribution in [-0.2, 0) is 22.4 Å². The van der Waals surface area contributed by atoms with Crippen molar-refractivity contribution in [3.8, 4) is 11.5 Å². The summed E-state index contributed by atoms with van der Waals surface area (Å²) in [5, 5.41) is 12.6. The van der Waals surface area contributed by atoms with Crippen LogP contribution in [0, 0.1) is 0 Å². The highest BCUT2D eigenvalue weighted by Crippen LogP contribution is 2.50. The number of halogens is 6. The van der Waals surface area contributed by atoms with E-state index in [4.69, 9.17) is 9.47 Å². The number of imide groups is 1. The first kappa shape index (κ1) is 31.7. The molecule has 2 aromatic carbocycles. The summed E-state index contributed by atoms with van der Waals surface area (Å²) >= 11 is 0. The molecule has 3 aliphatic rings. The molecule has 2 fully saturated rings. The molecule has 0 bridgehead atoms. The van der Waals surface area contributed by atoms with E-state index in [1.807, 2.05) is 9.80 Å². The maximum Gasteiger partial charge on any atom is 0.430 e. The Morgan fingerprint density at radius 1 is 0.909 bits per heavy atom. The summed E-state index contributed by atoms with van der Waals surface area (Å²) in [6.45, 7) is 5.70. The number of hydrogen-bond donors (Lipinski definition) is 2. The van der Waals surface area contributed by atoms with E-state index in [0.717, 1.165) is 11.0 Å². The van der Waals surface area contributed by atoms with E-state index in [-0.39, 0.29) is 25.3 Å². The highest BCUT2D eigenvalue weighted by atomic mass is 19.4. The third-order valence-electron chi connectivity index (χ3n) is 8.41. The van der Waals surface area contributed by atoms with E-state index in [9.17, 15) is 41.0 Å². The largest absolute Gasteiger partial charge is 0.454 e. The van der Waals surface area contributed by atoms with Crippen LogP contribution in [0.2, 0.25) is 0 Å². The summed E-state index contributed by atoms with van der Waals surface area (Å²) in [5.74, 6) is 0.615. The van der Waals surface area contributed by atoms with Gasteiger partial charge in [-0.05, 0) is 42.7 Å². The number of ether oxygens (including phenoxy) is 2. The smallest absolute Gasteiger partial charge is 0.430 e. The van der Waals surface area contributed by atoms with Gasteiger partial charge in [-0.1, -0.05) is 31.5 Å². The van der Waals surface area contributed by atoms with Gasteiger partial charge in [0.1, 0.15) is 5.54 Å². The monoisotopic (exact) mass is 630 g/mol. The number of urea groups is 1. The predicted molar refractivity (Wildman–Crippen MR) is 145 cm³/mol. The first-order valence-electron chi connectivity index (χ1n) is 14.1. The molecule has 2 aromatic rings. The van der Waals surface area contributed by atoms with Crippen LogP contribution in [0.25, 0.3) is 0 Å². The predicted octanol–water partition coefficient (Wildman–Crippen LogP) is 4.27. The van der Waals surface area contributed by atoms with Gasteiger partial charge in [0.15, 0.2) is 11.5 Å². The molecule has 3 amide bonds. The Hall–Kier alpha value is -3.72. The molecule has 44 heavy (non-hydrogen) atoms. The average Bonchev–Trinajstić information content (AvgIpc) is 3.52. The molecule has 1 atom stereocenters. The third kappa shape index (κ3) is 5.40. The first-order chi connectivity index (χ1) is 20.6. The van der Waals surface area contributed by atoms with Crippen molar-refractivity contribution in [2.75, 3.05) is 51.0 Å². The molecule has 2 N–H and O–H groups in total. The Balaban J connectivity index is 1.23. The Kier molecular flexibility index (Phi) is 8.16. The number of amides is 3. The van der Waals surface area contributed by atoms with E-state index in [1.165, 1.54) is 6.07 Å². The second-order valence-electron chi connectivity index (χ2n) is 11.2. The highest BCUT2D eigenvalue weighted by Gasteiger charge is 2.71. The van der Waals surface area contributed by atoms with Crippen LogP contribution in [-0.4, -0.2) is 85.3 Å². The summed E-state index contributed by atoms with van der Waals surface area (Å²) in [5.41, 5.74) is -6.23. The molecule has 9 nitrogen and oxygen atoms in total. The topological polar surface area (TPSA) is 94.6 Å². The molecule has 5 rings (SSSR count). The van der Waals surface area contributed by atoms with Gasteiger partial charge < -0.3 is 24.8 Å². The number of benzene rings is 2. The number of fused-ring (bicyclic) bond motifs is 1. The first-order valence-corrected chi connectivity index (χ1v) is 14.1. The lowest BCUT2D eigenvalue weighted by Gasteiger charge is -2.38. The van der Waals surface area contributed by atoms with Crippen LogP contribution in [0.5, 0.6) is 11.5 Å². The lowest BCUT2D eigenvalue weighted by Crippen LogP contribution is -2.54. The lowest BCUT2D eigenvalue weighted by atomic mass is 9.89. The SMILES string of the molecule is CCCc1cc(C(O)(C(F)(F)F)C(F)(F)F)ccc1N1CCN(CCN2C(=O)NC(C)(c3ccc4c(c3)OCO4)C2=O)CC1. The summed E-state index contributed by atoms with van der Waals surface area (Å²) in [6, 6.07) is 7.17. The van der Waals surface area contributed by atoms with Crippen LogP contribution in [0.3, 0.4) is 0 Å². The zero-order chi connectivity index (χ0) is 32.1. The zero-order valence-corrected chi connectivity index (χ0v) is 24.0. The van der Waals surface area contributed by atoms with Gasteiger partial charge in [-0.15, -0.1) is 0 Å². The Morgan fingerprint density at radius 3 is 2.20 bits per heavy atom. The third-order valence-corrected chi connectivity index (χ3v) is 8.41. The number of carbonyl (C=O) groups excluding carboxylic acids is 2. The zero-order valence-electron chi connectivity index (χ0n) is 24.0. The summed E-state index contributed by atoms with van der Waals surface area (Å²) in [6.07, 6.45) is -11.2. The number of alkyl halides is 6. The number of nitrogens with zero attached hydrogens (tertiary/aromatic N) is 3. The van der Waals surface area contributed by atoms with E-state index in [1.54, 1.807) is 32.0 Å². The minimum atomic E-state index is -5.96. The van der Waals surface area contributed by atoms with Gasteiger partial charge in [-0.25, -0.2) is 4.79 Å². The van der Waals surface area contributed by atoms with E-state index < -0.39 is 41.0 Å². The van der Waals surface area contributed by atoms with Gasteiger partial charge in [-0.2, -0.15) is 26.3 Å². The van der Waals surface area contributed by atoms with Gasteiger partial charge >= 0.3 is 18.4 Å². The van der Waals surface area contributed by atoms with Crippen LogP contribution in [0.4, 0.5) is 36.8 Å². The minimum absolute atomic E-state index is 0.0693. The quantitative estimate of drug-likeness (QED) is 0.333. The maximum absolute atomic E-state index is 13.5. The number of aryl methyl sites for hydroxylation is 1. The normalized spacial score (nSPS) is 21.3. The van der Waals surface area contributed by atoms with Crippen LogP contribution in [0.1, 0.15) is 37.0 Å². The molecule has 3 aliphatic heterocycles. The van der Waals surface area contributed by atoms with Crippen LogP contribution < -0.4 is 19.7 Å². The molecule has 3 heterocycles. The Labute approximate surface area is 249 Å². The molecular weight excluding hydrogens is 598 g/mol. The standard InChI is InChI=1S/C29H32F6N4O5/c1-3-4-18-15-20(27(42,28(30,31)32)29(33,34)35)5-7-21(18)38-12-9-37(10-13-38)11-14-39-24(40)26(2,36-25(39)41)19-6-8-22-23(16-19)44-17-43-22/h5-8,15-16,42H,3-4,9-14,17H2,1-2H3,(H,36,41). The number of rotatable bonds is 8. The number of carbonyl (C=O) groups is 2. The number of piperazine rings is 1. The second kappa shape index (κ2) is 11.3. The fourth-order valence-electron chi connectivity index (χ4n) is 5.83. The summed E-state index contributed by atoms with van der Waals surface area (Å²) in [7, 11) is 0. The molecule has 15 heteroatoms. The molecule has 240 valence electrons. The van der Waals surface area contributed by atoms with Crippen molar-refractivity contribution in [3.05, 3.63) is 53.1 Å². The van der Waals surface area contributed by atoms with Crippen LogP contribution >= 0.6 is 0 Å². The highest BCUT2D eigenvalue weighted by molar-refractivity contribution is 6.07. The van der Waals surface area contributed by atoms with Crippen molar-refractivity contribution >= 4 is 17.6 Å². The van der Waals surface area contributed by atoms with Crippen LogP contribution in [0.15, 0.2) is 36.4 Å². The van der Waals surface area contributed by atoms with Crippen molar-refractivity contribution in [1.29, 1.82) is 0 Å². The number of aliphatic hydroxyl groups is 1. The number of hydrogen-bond acceptors (Lipinski definition) is 7. The van der Waals surface area contributed by atoms with Gasteiger partial charge in [0.2, 0.25) is 6.79 Å². The molecular formula is C29H32F6N4O5. The molecule has 0 aliphatic carbocycles. The van der Waals surface area contributed by atoms with Crippen molar-refractivity contribution in [1.82, 2.24) is 15.1 Å². The number of anilines is 1. The lowest BCUT2D eigenvalue weighted by molar-refractivity contribution is -0.376. The van der Waals surface area contributed by atoms with Gasteiger partial charge in [0.25, 0.3) is 11.5 Å². The molecule has 1 unspecified atom stereocenters. The van der Waals surface area contributed by atoms with Gasteiger partial charge in [-0.3, -0.25) is 14.6 Å². The molecule has 0 saturated carbocycles. The van der Waals surface area contributed by atoms with Gasteiger partial charge in [0.05, 0.1) is 0 Å². The maximum atomic E-state index is 13.5. The van der Waals surface area contributed by atoms with E-state index >= 15 is 0 Å². The van der Waals surface area contributed by atoms with Crippen molar-refractivity contribution < 1.29 is 50.5 Å². The van der Waals surface area contributed by atoms with E-state index in [2.05, 4.69) is 5.32 Å². The van der Waals surface area contributed by atoms with Crippen molar-refractivity contribution in [3.63, 3.8) is 0 Å². The molecule has 0 aromatic heterocycles. The summed E-state index contributed by atoms with van der Waals surface area (Å²) in [4.78, 5) is 31.2. The number of nitrogens with one attached hydrogen (secondary N) is 1. The van der Waals surface area contributed by atoms with E-state index in [0.29, 0.717) is 68.0 Å². The molecule has 0 spiro atoms. The molecule has 2 saturated heterocycles. The minimum Gasteiger partial charge on any atom is -0.454 e. The fraction of sp³-hybridized carbons (Fsp3) is 0.517. The second-order valence-corrected chi connectivity index (χ2v) is 11.2. The fourth-order valence-corrected chi connectivity index (χ4v) is 5.83.